The summed E-state index contributed by atoms with van der Waals surface area (Å²) in [6, 6.07) is 13.8. The summed E-state index contributed by atoms with van der Waals surface area (Å²) in [6.07, 6.45) is 13.4. The van der Waals surface area contributed by atoms with E-state index in [1.165, 1.54) is 72.8 Å². The van der Waals surface area contributed by atoms with Crippen molar-refractivity contribution in [2.75, 3.05) is 0 Å². The Morgan fingerprint density at radius 2 is 1.68 bits per heavy atom. The Morgan fingerprint density at radius 1 is 0.920 bits per heavy atom. The van der Waals surface area contributed by atoms with E-state index < -0.39 is 0 Å². The lowest BCUT2D eigenvalue weighted by molar-refractivity contribution is 0.355. The molecule has 0 aliphatic heterocycles. The van der Waals surface area contributed by atoms with Gasteiger partial charge in [-0.3, -0.25) is 0 Å². The lowest BCUT2D eigenvalue weighted by Crippen LogP contribution is -2.07. The monoisotopic (exact) mass is 330 g/mol. The molecule has 25 heavy (non-hydrogen) atoms. The van der Waals surface area contributed by atoms with Crippen LogP contribution >= 0.6 is 0 Å². The van der Waals surface area contributed by atoms with Crippen molar-refractivity contribution in [2.45, 2.75) is 65.2 Å². The van der Waals surface area contributed by atoms with E-state index in [4.69, 9.17) is 0 Å². The second kappa shape index (κ2) is 7.20. The number of fused-ring (bicyclic) bond motifs is 1. The highest BCUT2D eigenvalue weighted by Crippen LogP contribution is 2.39. The van der Waals surface area contributed by atoms with Crippen LogP contribution in [0.5, 0.6) is 0 Å². The van der Waals surface area contributed by atoms with Crippen molar-refractivity contribution in [1.82, 2.24) is 0 Å². The van der Waals surface area contributed by atoms with Crippen LogP contribution in [-0.2, 0) is 12.8 Å². The van der Waals surface area contributed by atoms with Crippen molar-refractivity contribution >= 4 is 6.08 Å². The van der Waals surface area contributed by atoms with Crippen molar-refractivity contribution in [3.8, 4) is 11.1 Å². The maximum atomic E-state index is 2.53. The Bertz CT molecular complexity index is 770. The number of hydrogen-bond acceptors (Lipinski definition) is 0. The summed E-state index contributed by atoms with van der Waals surface area (Å²) in [4.78, 5) is 0. The van der Waals surface area contributed by atoms with Crippen LogP contribution in [0.4, 0.5) is 0 Å². The molecule has 0 amide bonds. The fraction of sp³-hybridized carbons (Fsp3) is 0.440. The molecule has 0 unspecified atom stereocenters. The van der Waals surface area contributed by atoms with Crippen LogP contribution in [0.15, 0.2) is 42.0 Å². The van der Waals surface area contributed by atoms with Crippen molar-refractivity contribution in [2.24, 2.45) is 5.92 Å². The SMILES string of the molecule is CCc1ccc(-c2ccc(C)c3c2C=C(CC2CCCCC2)C3)cc1. The molecular weight excluding hydrogens is 300 g/mol. The minimum absolute atomic E-state index is 0.932. The van der Waals surface area contributed by atoms with Crippen LogP contribution in [-0.4, -0.2) is 0 Å². The first-order valence-corrected chi connectivity index (χ1v) is 10.2. The number of rotatable bonds is 4. The largest absolute Gasteiger partial charge is 0.0649 e. The van der Waals surface area contributed by atoms with Gasteiger partial charge in [0, 0.05) is 0 Å². The van der Waals surface area contributed by atoms with E-state index in [9.17, 15) is 0 Å². The highest BCUT2D eigenvalue weighted by Gasteiger charge is 2.22. The van der Waals surface area contributed by atoms with E-state index >= 15 is 0 Å². The Balaban J connectivity index is 1.63. The van der Waals surface area contributed by atoms with Gasteiger partial charge in [-0.05, 0) is 65.5 Å². The second-order valence-electron chi connectivity index (χ2n) is 8.06. The summed E-state index contributed by atoms with van der Waals surface area (Å²) < 4.78 is 0. The maximum absolute atomic E-state index is 2.53. The van der Waals surface area contributed by atoms with Gasteiger partial charge in [-0.15, -0.1) is 0 Å². The van der Waals surface area contributed by atoms with Crippen LogP contribution in [0.3, 0.4) is 0 Å². The summed E-state index contributed by atoms with van der Waals surface area (Å²) in [7, 11) is 0. The minimum atomic E-state index is 0.932. The Hall–Kier alpha value is -1.82. The maximum Gasteiger partial charge on any atom is -0.00549 e. The molecular formula is C25H30. The lowest BCUT2D eigenvalue weighted by atomic mass is 9.84. The topological polar surface area (TPSA) is 0 Å². The summed E-state index contributed by atoms with van der Waals surface area (Å²) in [6.45, 7) is 4.50. The van der Waals surface area contributed by atoms with E-state index in [-0.39, 0.29) is 0 Å². The predicted octanol–water partition coefficient (Wildman–Crippen LogP) is 7.13. The molecule has 0 aromatic heterocycles. The van der Waals surface area contributed by atoms with E-state index in [1.807, 2.05) is 0 Å². The predicted molar refractivity (Wildman–Crippen MR) is 109 cm³/mol. The normalized spacial score (nSPS) is 17.4. The molecule has 0 bridgehead atoms. The molecule has 1 saturated carbocycles. The minimum Gasteiger partial charge on any atom is -0.0649 e. The van der Waals surface area contributed by atoms with Crippen molar-refractivity contribution in [3.63, 3.8) is 0 Å². The Morgan fingerprint density at radius 3 is 2.40 bits per heavy atom. The zero-order valence-corrected chi connectivity index (χ0v) is 15.8. The third-order valence-electron chi connectivity index (χ3n) is 6.29. The van der Waals surface area contributed by atoms with Crippen molar-refractivity contribution in [3.05, 3.63) is 64.2 Å². The smallest absolute Gasteiger partial charge is 0.00549 e. The fourth-order valence-corrected chi connectivity index (χ4v) is 4.72. The summed E-state index contributed by atoms with van der Waals surface area (Å²) in [5.74, 6) is 0.932. The number of aryl methyl sites for hydroxylation is 2. The van der Waals surface area contributed by atoms with Gasteiger partial charge in [0.15, 0.2) is 0 Å². The highest BCUT2D eigenvalue weighted by atomic mass is 14.3. The molecule has 2 aliphatic carbocycles. The van der Waals surface area contributed by atoms with E-state index in [1.54, 1.807) is 11.1 Å². The standard InChI is InChI=1S/C25H30/c1-3-19-10-12-22(13-11-19)23-14-9-18(2)24-16-21(17-25(23)24)15-20-7-5-4-6-8-20/h9-14,17,20H,3-8,15-16H2,1-2H3. The van der Waals surface area contributed by atoms with E-state index in [2.05, 4.69) is 56.3 Å². The highest BCUT2D eigenvalue weighted by molar-refractivity contribution is 5.81. The van der Waals surface area contributed by atoms with Crippen LogP contribution in [0.1, 0.15) is 67.7 Å². The average molecular weight is 331 g/mol. The third kappa shape index (κ3) is 3.45. The molecule has 2 aromatic carbocycles. The zero-order valence-electron chi connectivity index (χ0n) is 15.8. The van der Waals surface area contributed by atoms with Gasteiger partial charge in [0.05, 0.1) is 0 Å². The summed E-state index contributed by atoms with van der Waals surface area (Å²) >= 11 is 0. The Kier molecular flexibility index (Phi) is 4.79. The first kappa shape index (κ1) is 16.6. The molecule has 0 atom stereocenters. The van der Waals surface area contributed by atoms with Crippen LogP contribution in [0.25, 0.3) is 17.2 Å². The van der Waals surface area contributed by atoms with Crippen LogP contribution < -0.4 is 0 Å². The molecule has 0 heterocycles. The molecule has 0 radical (unpaired) electrons. The Labute approximate surface area is 153 Å². The van der Waals surface area contributed by atoms with Crippen LogP contribution in [0.2, 0.25) is 0 Å². The van der Waals surface area contributed by atoms with Crippen molar-refractivity contribution < 1.29 is 0 Å². The second-order valence-corrected chi connectivity index (χ2v) is 8.06. The molecule has 0 heteroatoms. The third-order valence-corrected chi connectivity index (χ3v) is 6.29. The molecule has 0 spiro atoms. The molecule has 1 fully saturated rings. The summed E-state index contributed by atoms with van der Waals surface area (Å²) in [5, 5.41) is 0. The van der Waals surface area contributed by atoms with Gasteiger partial charge in [-0.2, -0.15) is 0 Å². The number of benzene rings is 2. The zero-order chi connectivity index (χ0) is 17.2. The molecule has 130 valence electrons. The molecule has 2 aromatic rings. The first-order valence-electron chi connectivity index (χ1n) is 10.2. The molecule has 0 N–H and O–H groups in total. The lowest BCUT2D eigenvalue weighted by Gasteiger charge is -2.21. The van der Waals surface area contributed by atoms with Gasteiger partial charge in [0.2, 0.25) is 0 Å². The van der Waals surface area contributed by atoms with Gasteiger partial charge < -0.3 is 0 Å². The number of allylic oxidation sites excluding steroid dienone is 1. The van der Waals surface area contributed by atoms with E-state index in [0.717, 1.165) is 12.3 Å². The van der Waals surface area contributed by atoms with Gasteiger partial charge in [-0.25, -0.2) is 0 Å². The van der Waals surface area contributed by atoms with Gasteiger partial charge in [0.25, 0.3) is 0 Å². The average Bonchev–Trinajstić information content (AvgIpc) is 3.07. The summed E-state index contributed by atoms with van der Waals surface area (Å²) in [5.41, 5.74) is 10.4. The molecule has 2 aliphatic rings. The fourth-order valence-electron chi connectivity index (χ4n) is 4.72. The quantitative estimate of drug-likeness (QED) is 0.559. The molecule has 0 nitrogen and oxygen atoms in total. The number of hydrogen-bond donors (Lipinski definition) is 0. The molecule has 4 rings (SSSR count). The first-order chi connectivity index (χ1) is 12.2. The van der Waals surface area contributed by atoms with Crippen molar-refractivity contribution in [1.29, 1.82) is 0 Å². The van der Waals surface area contributed by atoms with Gasteiger partial charge >= 0.3 is 0 Å². The van der Waals surface area contributed by atoms with Gasteiger partial charge in [0.1, 0.15) is 0 Å². The van der Waals surface area contributed by atoms with Crippen LogP contribution in [0, 0.1) is 12.8 Å². The molecule has 0 saturated heterocycles. The van der Waals surface area contributed by atoms with E-state index in [0.29, 0.717) is 0 Å². The van der Waals surface area contributed by atoms with Gasteiger partial charge in [-0.1, -0.05) is 87.1 Å².